The molecule has 1 aromatic carbocycles. The van der Waals surface area contributed by atoms with Crippen LogP contribution in [-0.2, 0) is 11.2 Å². The van der Waals surface area contributed by atoms with Crippen LogP contribution >= 0.6 is 11.3 Å². The van der Waals surface area contributed by atoms with Gasteiger partial charge in [-0.25, -0.2) is 0 Å². The lowest BCUT2D eigenvalue weighted by Gasteiger charge is -2.05. The van der Waals surface area contributed by atoms with Gasteiger partial charge >= 0.3 is 0 Å². The highest BCUT2D eigenvalue weighted by Gasteiger charge is 2.08. The number of hydrogen-bond donors (Lipinski definition) is 1. The minimum absolute atomic E-state index is 0.0457. The number of thiophene rings is 1. The Balaban J connectivity index is 1.50. The van der Waals surface area contributed by atoms with E-state index in [-0.39, 0.29) is 11.7 Å². The average Bonchev–Trinajstić information content (AvgIpc) is 3.11. The van der Waals surface area contributed by atoms with E-state index in [0.717, 1.165) is 24.1 Å². The molecule has 128 valence electrons. The van der Waals surface area contributed by atoms with Gasteiger partial charge in [0, 0.05) is 19.4 Å². The second-order valence-corrected chi connectivity index (χ2v) is 6.99. The average molecular weight is 343 g/mol. The van der Waals surface area contributed by atoms with Crippen molar-refractivity contribution in [3.63, 3.8) is 0 Å². The molecule has 1 heterocycles. The standard InChI is InChI=1S/C20H25NO2S/c1-16-10-12-17(13-11-16)6-2-3-14-21-20(23)9-4-7-18(22)19-8-5-15-24-19/h5,8,10-13,15H,2-4,6-7,9,14H2,1H3,(H,21,23). The van der Waals surface area contributed by atoms with Crippen LogP contribution in [0.15, 0.2) is 41.8 Å². The Labute approximate surface area is 148 Å². The largest absolute Gasteiger partial charge is 0.356 e. The summed E-state index contributed by atoms with van der Waals surface area (Å²) in [6.07, 6.45) is 4.59. The van der Waals surface area contributed by atoms with Crippen molar-refractivity contribution in [1.82, 2.24) is 5.32 Å². The first-order chi connectivity index (χ1) is 11.6. The summed E-state index contributed by atoms with van der Waals surface area (Å²) in [7, 11) is 0. The fourth-order valence-electron chi connectivity index (χ4n) is 2.49. The van der Waals surface area contributed by atoms with Crippen LogP contribution < -0.4 is 5.32 Å². The van der Waals surface area contributed by atoms with E-state index in [1.807, 2.05) is 17.5 Å². The first kappa shape index (κ1) is 18.4. The van der Waals surface area contributed by atoms with Crippen LogP contribution in [-0.4, -0.2) is 18.2 Å². The van der Waals surface area contributed by atoms with Crippen LogP contribution in [0.2, 0.25) is 0 Å². The number of amides is 1. The molecule has 4 heteroatoms. The summed E-state index contributed by atoms with van der Waals surface area (Å²) in [6.45, 7) is 2.80. The molecule has 0 unspecified atom stereocenters. The second-order valence-electron chi connectivity index (χ2n) is 6.05. The molecule has 1 amide bonds. The maximum absolute atomic E-state index is 11.8. The van der Waals surface area contributed by atoms with Crippen molar-refractivity contribution in [3.05, 3.63) is 57.8 Å². The van der Waals surface area contributed by atoms with E-state index in [4.69, 9.17) is 0 Å². The van der Waals surface area contributed by atoms with E-state index in [1.165, 1.54) is 22.5 Å². The molecule has 0 fully saturated rings. The van der Waals surface area contributed by atoms with Gasteiger partial charge < -0.3 is 5.32 Å². The third kappa shape index (κ3) is 6.67. The Bertz CT molecular complexity index is 632. The summed E-state index contributed by atoms with van der Waals surface area (Å²) in [5.41, 5.74) is 2.63. The summed E-state index contributed by atoms with van der Waals surface area (Å²) in [5, 5.41) is 4.84. The van der Waals surface area contributed by atoms with Crippen LogP contribution in [0, 0.1) is 6.92 Å². The van der Waals surface area contributed by atoms with Gasteiger partial charge in [0.05, 0.1) is 4.88 Å². The van der Waals surface area contributed by atoms with Crippen LogP contribution in [0.1, 0.15) is 52.9 Å². The number of carbonyl (C=O) groups excluding carboxylic acids is 2. The SMILES string of the molecule is Cc1ccc(CCCCNC(=O)CCCC(=O)c2cccs2)cc1. The lowest BCUT2D eigenvalue weighted by molar-refractivity contribution is -0.121. The number of rotatable bonds is 10. The molecular formula is C20H25NO2S. The molecule has 0 aliphatic carbocycles. The monoisotopic (exact) mass is 343 g/mol. The van der Waals surface area contributed by atoms with E-state index >= 15 is 0 Å². The molecule has 0 bridgehead atoms. The zero-order valence-corrected chi connectivity index (χ0v) is 15.0. The molecule has 24 heavy (non-hydrogen) atoms. The predicted octanol–water partition coefficient (Wildman–Crippen LogP) is 4.55. The Morgan fingerprint density at radius 3 is 2.50 bits per heavy atom. The Morgan fingerprint density at radius 1 is 1.00 bits per heavy atom. The highest BCUT2D eigenvalue weighted by molar-refractivity contribution is 7.12. The highest BCUT2D eigenvalue weighted by atomic mass is 32.1. The molecule has 2 rings (SSSR count). The Hall–Kier alpha value is -1.94. The summed E-state index contributed by atoms with van der Waals surface area (Å²) in [4.78, 5) is 24.4. The lowest BCUT2D eigenvalue weighted by Crippen LogP contribution is -2.24. The molecule has 0 saturated carbocycles. The molecule has 0 aliphatic heterocycles. The summed E-state index contributed by atoms with van der Waals surface area (Å²) in [6, 6.07) is 12.3. The van der Waals surface area contributed by atoms with Crippen molar-refractivity contribution in [2.45, 2.75) is 45.4 Å². The molecule has 0 aliphatic rings. The zero-order chi connectivity index (χ0) is 17.2. The number of ketones is 1. The van der Waals surface area contributed by atoms with Crippen molar-refractivity contribution >= 4 is 23.0 Å². The third-order valence-electron chi connectivity index (χ3n) is 3.94. The van der Waals surface area contributed by atoms with Crippen LogP contribution in [0.3, 0.4) is 0 Å². The Kier molecular flexibility index (Phi) is 7.69. The maximum Gasteiger partial charge on any atom is 0.220 e. The molecule has 1 aromatic heterocycles. The number of benzene rings is 1. The van der Waals surface area contributed by atoms with Gasteiger partial charge in [-0.15, -0.1) is 11.3 Å². The van der Waals surface area contributed by atoms with Gasteiger partial charge in [0.15, 0.2) is 5.78 Å². The van der Waals surface area contributed by atoms with E-state index in [0.29, 0.717) is 25.8 Å². The van der Waals surface area contributed by atoms with E-state index in [9.17, 15) is 9.59 Å². The first-order valence-corrected chi connectivity index (χ1v) is 9.42. The molecule has 0 atom stereocenters. The van der Waals surface area contributed by atoms with Gasteiger partial charge in [0.1, 0.15) is 0 Å². The minimum Gasteiger partial charge on any atom is -0.356 e. The van der Waals surface area contributed by atoms with Gasteiger partial charge in [0.2, 0.25) is 5.91 Å². The fraction of sp³-hybridized carbons (Fsp3) is 0.400. The number of aryl methyl sites for hydroxylation is 2. The van der Waals surface area contributed by atoms with Crippen LogP contribution in [0.4, 0.5) is 0 Å². The van der Waals surface area contributed by atoms with E-state index < -0.39 is 0 Å². The van der Waals surface area contributed by atoms with Crippen molar-refractivity contribution in [3.8, 4) is 0 Å². The topological polar surface area (TPSA) is 46.2 Å². The van der Waals surface area contributed by atoms with Gasteiger partial charge in [-0.3, -0.25) is 9.59 Å². The van der Waals surface area contributed by atoms with Gasteiger partial charge in [-0.2, -0.15) is 0 Å². The molecular weight excluding hydrogens is 318 g/mol. The quantitative estimate of drug-likeness (QED) is 0.508. The van der Waals surface area contributed by atoms with Crippen LogP contribution in [0.25, 0.3) is 0 Å². The third-order valence-corrected chi connectivity index (χ3v) is 4.85. The van der Waals surface area contributed by atoms with E-state index in [2.05, 4.69) is 36.5 Å². The number of carbonyl (C=O) groups is 2. The first-order valence-electron chi connectivity index (χ1n) is 8.54. The number of Topliss-reactive ketones (excluding diaryl/α,β-unsaturated/α-hetero) is 1. The van der Waals surface area contributed by atoms with Gasteiger partial charge in [-0.1, -0.05) is 35.9 Å². The summed E-state index contributed by atoms with van der Waals surface area (Å²) in [5.74, 6) is 0.181. The molecule has 2 aromatic rings. The zero-order valence-electron chi connectivity index (χ0n) is 14.2. The maximum atomic E-state index is 11.8. The lowest BCUT2D eigenvalue weighted by atomic mass is 10.1. The molecule has 0 spiro atoms. The molecule has 0 saturated heterocycles. The minimum atomic E-state index is 0.0457. The van der Waals surface area contributed by atoms with Crippen LogP contribution in [0.5, 0.6) is 0 Å². The predicted molar refractivity (Wildman–Crippen MR) is 99.6 cm³/mol. The Morgan fingerprint density at radius 2 is 1.79 bits per heavy atom. The number of hydrogen-bond acceptors (Lipinski definition) is 3. The molecule has 0 radical (unpaired) electrons. The van der Waals surface area contributed by atoms with Gasteiger partial charge in [0.25, 0.3) is 0 Å². The normalized spacial score (nSPS) is 10.5. The smallest absolute Gasteiger partial charge is 0.220 e. The van der Waals surface area contributed by atoms with Crippen molar-refractivity contribution in [2.24, 2.45) is 0 Å². The van der Waals surface area contributed by atoms with E-state index in [1.54, 1.807) is 0 Å². The van der Waals surface area contributed by atoms with Crippen molar-refractivity contribution < 1.29 is 9.59 Å². The van der Waals surface area contributed by atoms with Crippen molar-refractivity contribution in [1.29, 1.82) is 0 Å². The van der Waals surface area contributed by atoms with Crippen molar-refractivity contribution in [2.75, 3.05) is 6.54 Å². The molecule has 3 nitrogen and oxygen atoms in total. The molecule has 1 N–H and O–H groups in total. The van der Waals surface area contributed by atoms with Gasteiger partial charge in [-0.05, 0) is 49.6 Å². The fourth-order valence-corrected chi connectivity index (χ4v) is 3.19. The number of unbranched alkanes of at least 4 members (excludes halogenated alkanes) is 1. The highest BCUT2D eigenvalue weighted by Crippen LogP contribution is 2.13. The summed E-state index contributed by atoms with van der Waals surface area (Å²) >= 11 is 1.46. The second kappa shape index (κ2) is 10.0. The summed E-state index contributed by atoms with van der Waals surface area (Å²) < 4.78 is 0. The number of nitrogens with one attached hydrogen (secondary N) is 1.